The van der Waals surface area contributed by atoms with Crippen LogP contribution in [0.5, 0.6) is 5.75 Å². The van der Waals surface area contributed by atoms with Crippen molar-refractivity contribution >= 4 is 34.6 Å². The highest BCUT2D eigenvalue weighted by Crippen LogP contribution is 2.27. The molecule has 0 aliphatic heterocycles. The third kappa shape index (κ3) is 5.06. The van der Waals surface area contributed by atoms with Crippen LogP contribution in [0.1, 0.15) is 5.56 Å². The lowest BCUT2D eigenvalue weighted by Gasteiger charge is -2.08. The predicted molar refractivity (Wildman–Crippen MR) is 106 cm³/mol. The van der Waals surface area contributed by atoms with E-state index in [0.29, 0.717) is 0 Å². The molecule has 0 saturated carbocycles. The van der Waals surface area contributed by atoms with Gasteiger partial charge in [-0.3, -0.25) is 9.73 Å². The van der Waals surface area contributed by atoms with Gasteiger partial charge in [0.25, 0.3) is 0 Å². The number of hydrazone groups is 1. The first-order chi connectivity index (χ1) is 12.1. The van der Waals surface area contributed by atoms with Crippen LogP contribution in [0.2, 0.25) is 0 Å². The van der Waals surface area contributed by atoms with Gasteiger partial charge in [0.15, 0.2) is 0 Å². The van der Waals surface area contributed by atoms with E-state index in [4.69, 9.17) is 0 Å². The monoisotopic (exact) mass is 370 g/mol. The Hall–Kier alpha value is -2.35. The minimum absolute atomic E-state index is 0.240. The number of aromatic hydroxyl groups is 1. The molecule has 0 atom stereocenters. The molecule has 3 rings (SSSR count). The van der Waals surface area contributed by atoms with Gasteiger partial charge in [-0.05, 0) is 68.0 Å². The summed E-state index contributed by atoms with van der Waals surface area (Å²) in [4.78, 5) is 5.75. The van der Waals surface area contributed by atoms with E-state index in [1.54, 1.807) is 42.4 Å². The van der Waals surface area contributed by atoms with Crippen LogP contribution in [0, 0.1) is 0 Å². The van der Waals surface area contributed by atoms with E-state index >= 15 is 0 Å². The molecular weight excluding hydrogens is 352 g/mol. The summed E-state index contributed by atoms with van der Waals surface area (Å²) in [5.41, 5.74) is 5.84. The van der Waals surface area contributed by atoms with Crippen LogP contribution in [-0.4, -0.2) is 34.7 Å². The molecule has 0 aliphatic rings. The van der Waals surface area contributed by atoms with Gasteiger partial charge in [0.2, 0.25) is 5.13 Å². The van der Waals surface area contributed by atoms with Crippen LogP contribution < -0.4 is 5.43 Å². The number of nitrogens with one attached hydrogen (secondary N) is 1. The average molecular weight is 371 g/mol. The highest BCUT2D eigenvalue weighted by molar-refractivity contribution is 7.97. The molecule has 0 bridgehead atoms. The Morgan fingerprint density at radius 1 is 1.12 bits per heavy atom. The van der Waals surface area contributed by atoms with Gasteiger partial charge in [-0.1, -0.05) is 12.1 Å². The molecule has 0 spiro atoms. The summed E-state index contributed by atoms with van der Waals surface area (Å²) < 4.78 is 2.06. The van der Waals surface area contributed by atoms with E-state index in [2.05, 4.69) is 44.1 Å². The normalized spacial score (nSPS) is 11.3. The van der Waals surface area contributed by atoms with Crippen molar-refractivity contribution in [2.45, 2.75) is 4.90 Å². The van der Waals surface area contributed by atoms with E-state index < -0.39 is 0 Å². The lowest BCUT2D eigenvalue weighted by Crippen LogP contribution is -1.98. The van der Waals surface area contributed by atoms with Gasteiger partial charge >= 0.3 is 0 Å². The molecule has 2 aromatic carbocycles. The first kappa shape index (κ1) is 17.5. The molecule has 1 aromatic heterocycles. The fourth-order valence-electron chi connectivity index (χ4n) is 2.08. The number of hydrogen-bond acceptors (Lipinski definition) is 7. The Morgan fingerprint density at radius 2 is 1.84 bits per heavy atom. The van der Waals surface area contributed by atoms with Crippen LogP contribution in [-0.2, 0) is 0 Å². The summed E-state index contributed by atoms with van der Waals surface area (Å²) in [7, 11) is 4.05. The first-order valence-electron chi connectivity index (χ1n) is 7.59. The molecule has 0 saturated heterocycles. The maximum atomic E-state index is 9.26. The Labute approximate surface area is 155 Å². The van der Waals surface area contributed by atoms with E-state index in [1.807, 2.05) is 19.5 Å². The van der Waals surface area contributed by atoms with Crippen molar-refractivity contribution in [3.05, 3.63) is 59.5 Å². The predicted octanol–water partition coefficient (Wildman–Crippen LogP) is 4.53. The van der Waals surface area contributed by atoms with Crippen LogP contribution in [0.4, 0.5) is 5.13 Å². The number of rotatable bonds is 6. The Kier molecular flexibility index (Phi) is 5.70. The van der Waals surface area contributed by atoms with Crippen molar-refractivity contribution in [1.82, 2.24) is 9.29 Å². The lowest BCUT2D eigenvalue weighted by molar-refractivity contribution is 0.475. The molecule has 2 N–H and O–H groups in total. The maximum Gasteiger partial charge on any atom is 0.203 e. The third-order valence-electron chi connectivity index (χ3n) is 3.21. The quantitative estimate of drug-likeness (QED) is 0.379. The number of hydrogen-bond donors (Lipinski definition) is 2. The van der Waals surface area contributed by atoms with Crippen molar-refractivity contribution in [3.63, 3.8) is 0 Å². The summed E-state index contributed by atoms with van der Waals surface area (Å²) in [6.45, 7) is 0. The zero-order valence-electron chi connectivity index (χ0n) is 13.9. The Bertz CT molecular complexity index is 842. The summed E-state index contributed by atoms with van der Waals surface area (Å²) in [5, 5.41) is 16.2. The highest BCUT2D eigenvalue weighted by atomic mass is 32.2. The molecule has 25 heavy (non-hydrogen) atoms. The number of anilines is 1. The van der Waals surface area contributed by atoms with E-state index in [1.165, 1.54) is 16.2 Å². The van der Waals surface area contributed by atoms with Gasteiger partial charge in [0.1, 0.15) is 5.75 Å². The standard InChI is InChI=1S/C18H18N4OS2/c1-22(2)25-16-9-5-14(6-10-16)17-12-24-18(20-17)21-19-11-13-3-7-15(23)8-4-13/h3-12,23H,1-2H3,(H,20,21)/b19-11+. The minimum atomic E-state index is 0.240. The summed E-state index contributed by atoms with van der Waals surface area (Å²) >= 11 is 3.19. The molecule has 0 radical (unpaired) electrons. The number of phenolic OH excluding ortho intramolecular Hbond substituents is 1. The van der Waals surface area contributed by atoms with Crippen molar-refractivity contribution < 1.29 is 5.11 Å². The zero-order chi connectivity index (χ0) is 17.6. The second-order valence-electron chi connectivity index (χ2n) is 5.43. The van der Waals surface area contributed by atoms with E-state index in [9.17, 15) is 5.11 Å². The zero-order valence-corrected chi connectivity index (χ0v) is 15.5. The molecular formula is C18H18N4OS2. The molecule has 7 heteroatoms. The number of aromatic nitrogens is 1. The van der Waals surface area contributed by atoms with Crippen molar-refractivity contribution in [2.24, 2.45) is 5.10 Å². The Morgan fingerprint density at radius 3 is 2.52 bits per heavy atom. The molecule has 3 aromatic rings. The molecule has 128 valence electrons. The molecule has 5 nitrogen and oxygen atoms in total. The maximum absolute atomic E-state index is 9.26. The van der Waals surface area contributed by atoms with E-state index in [-0.39, 0.29) is 5.75 Å². The minimum Gasteiger partial charge on any atom is -0.508 e. The topological polar surface area (TPSA) is 60.8 Å². The third-order valence-corrected chi connectivity index (χ3v) is 4.80. The molecule has 0 fully saturated rings. The van der Waals surface area contributed by atoms with Crippen LogP contribution in [0.3, 0.4) is 0 Å². The van der Waals surface area contributed by atoms with Crippen molar-refractivity contribution in [2.75, 3.05) is 19.5 Å². The molecule has 0 unspecified atom stereocenters. The molecule has 0 amide bonds. The number of phenols is 1. The smallest absolute Gasteiger partial charge is 0.203 e. The van der Waals surface area contributed by atoms with E-state index in [0.717, 1.165) is 22.0 Å². The number of nitrogens with zero attached hydrogens (tertiary/aromatic N) is 3. The SMILES string of the molecule is CN(C)Sc1ccc(-c2csc(N/N=C/c3ccc(O)cc3)n2)cc1. The first-order valence-corrected chi connectivity index (χ1v) is 9.25. The number of thiazole rings is 1. The summed E-state index contributed by atoms with van der Waals surface area (Å²) in [6.07, 6.45) is 1.69. The van der Waals surface area contributed by atoms with Gasteiger partial charge in [0, 0.05) is 15.8 Å². The lowest BCUT2D eigenvalue weighted by atomic mass is 10.2. The van der Waals surface area contributed by atoms with Crippen molar-refractivity contribution in [1.29, 1.82) is 0 Å². The van der Waals surface area contributed by atoms with Crippen molar-refractivity contribution in [3.8, 4) is 17.0 Å². The van der Waals surface area contributed by atoms with Gasteiger partial charge in [-0.25, -0.2) is 4.98 Å². The molecule has 1 heterocycles. The fourth-order valence-corrected chi connectivity index (χ4v) is 3.43. The van der Waals surface area contributed by atoms with Gasteiger partial charge in [0.05, 0.1) is 11.9 Å². The van der Waals surface area contributed by atoms with Gasteiger partial charge in [-0.2, -0.15) is 5.10 Å². The second-order valence-corrected chi connectivity index (χ2v) is 7.67. The van der Waals surface area contributed by atoms with Crippen LogP contribution in [0.15, 0.2) is 63.9 Å². The average Bonchev–Trinajstić information content (AvgIpc) is 3.06. The van der Waals surface area contributed by atoms with Gasteiger partial charge in [-0.15, -0.1) is 11.3 Å². The number of benzene rings is 2. The molecule has 0 aliphatic carbocycles. The van der Waals surface area contributed by atoms with Crippen LogP contribution >= 0.6 is 23.3 Å². The highest BCUT2D eigenvalue weighted by Gasteiger charge is 2.05. The Balaban J connectivity index is 1.63. The summed E-state index contributed by atoms with van der Waals surface area (Å²) in [5.74, 6) is 0.240. The van der Waals surface area contributed by atoms with Gasteiger partial charge < -0.3 is 5.11 Å². The second kappa shape index (κ2) is 8.15. The summed E-state index contributed by atoms with van der Waals surface area (Å²) in [6, 6.07) is 15.2. The largest absolute Gasteiger partial charge is 0.508 e. The fraction of sp³-hybridized carbons (Fsp3) is 0.111. The van der Waals surface area contributed by atoms with Crippen LogP contribution in [0.25, 0.3) is 11.3 Å².